The topological polar surface area (TPSA) is 86.0 Å². The van der Waals surface area contributed by atoms with Gasteiger partial charge in [0.25, 0.3) is 0 Å². The highest BCUT2D eigenvalue weighted by Gasteiger charge is 2.34. The van der Waals surface area contributed by atoms with Crippen LogP contribution < -0.4 is 4.74 Å². The van der Waals surface area contributed by atoms with E-state index in [0.717, 1.165) is 43.5 Å². The van der Waals surface area contributed by atoms with Gasteiger partial charge in [0.1, 0.15) is 5.75 Å². The van der Waals surface area contributed by atoms with Crippen LogP contribution in [0.15, 0.2) is 41.4 Å². The van der Waals surface area contributed by atoms with Crippen LogP contribution >= 0.6 is 11.8 Å². The summed E-state index contributed by atoms with van der Waals surface area (Å²) in [5.74, 6) is -2.61. The number of piperidine rings is 1. The zero-order valence-electron chi connectivity index (χ0n) is 21.3. The second kappa shape index (κ2) is 12.7. The Bertz CT molecular complexity index is 1230. The fourth-order valence-corrected chi connectivity index (χ4v) is 6.07. The van der Waals surface area contributed by atoms with Gasteiger partial charge in [0.15, 0.2) is 17.5 Å². The van der Waals surface area contributed by atoms with Crippen molar-refractivity contribution in [2.75, 3.05) is 39.1 Å². The molecule has 4 rings (SSSR count). The van der Waals surface area contributed by atoms with Gasteiger partial charge in [-0.25, -0.2) is 13.2 Å². The van der Waals surface area contributed by atoms with Gasteiger partial charge in [-0.15, -0.1) is 11.8 Å². The third-order valence-electron chi connectivity index (χ3n) is 7.54. The van der Waals surface area contributed by atoms with Gasteiger partial charge in [0.05, 0.1) is 25.3 Å². The van der Waals surface area contributed by atoms with Crippen LogP contribution in [-0.4, -0.2) is 64.3 Å². The number of ether oxygens (including phenoxy) is 1. The van der Waals surface area contributed by atoms with E-state index in [1.165, 1.54) is 11.8 Å². The Kier molecular flexibility index (Phi) is 9.54. The average Bonchev–Trinajstić information content (AvgIpc) is 2.94. The van der Waals surface area contributed by atoms with Crippen molar-refractivity contribution in [1.29, 1.82) is 0 Å². The summed E-state index contributed by atoms with van der Waals surface area (Å²) < 4.78 is 45.4. The average molecular weight is 551 g/mol. The van der Waals surface area contributed by atoms with Crippen molar-refractivity contribution < 1.29 is 33.2 Å². The summed E-state index contributed by atoms with van der Waals surface area (Å²) in [6.45, 7) is 1.96. The number of fused-ring (bicyclic) bond motifs is 1. The number of hydrogen-bond acceptors (Lipinski definition) is 7. The number of pyridine rings is 1. The van der Waals surface area contributed by atoms with Crippen LogP contribution in [0, 0.1) is 22.9 Å². The summed E-state index contributed by atoms with van der Waals surface area (Å²) in [6, 6.07) is 7.44. The van der Waals surface area contributed by atoms with Crippen molar-refractivity contribution in [2.45, 2.75) is 43.3 Å². The fourth-order valence-electron chi connectivity index (χ4n) is 5.11. The number of thioether (sulfide) groups is 1. The number of aliphatic hydroxyl groups excluding tert-OH is 3. The Labute approximate surface area is 224 Å². The molecule has 6 nitrogen and oxygen atoms in total. The highest BCUT2D eigenvalue weighted by molar-refractivity contribution is 7.99. The molecule has 38 heavy (non-hydrogen) atoms. The molecule has 1 atom stereocenters. The zero-order chi connectivity index (χ0) is 27.3. The Morgan fingerprint density at radius 3 is 2.45 bits per heavy atom. The summed E-state index contributed by atoms with van der Waals surface area (Å²) in [5.41, 5.74) is 1.57. The van der Waals surface area contributed by atoms with E-state index in [0.29, 0.717) is 52.4 Å². The maximum absolute atomic E-state index is 13.4. The van der Waals surface area contributed by atoms with Crippen LogP contribution in [0.5, 0.6) is 5.75 Å². The van der Waals surface area contributed by atoms with Crippen molar-refractivity contribution in [3.8, 4) is 5.75 Å². The molecule has 0 amide bonds. The SMILES string of the molecule is COc1ccc2ncc(CO)c([C@H](O)CCC3(CO)CCN(CCSc4cc(F)c(F)c(F)c4)CC3)c2c1. The van der Waals surface area contributed by atoms with Crippen LogP contribution in [0.4, 0.5) is 13.2 Å². The van der Waals surface area contributed by atoms with Crippen molar-refractivity contribution >= 4 is 22.7 Å². The number of nitrogens with zero attached hydrogens (tertiary/aromatic N) is 2. The Hall–Kier alpha value is -2.37. The minimum absolute atomic E-state index is 0.00815. The van der Waals surface area contributed by atoms with E-state index in [2.05, 4.69) is 9.88 Å². The van der Waals surface area contributed by atoms with E-state index in [-0.39, 0.29) is 18.6 Å². The first-order valence-corrected chi connectivity index (χ1v) is 13.6. The standard InChI is InChI=1S/C28H33F3N2O4S/c1-37-19-2-3-24-21(12-19)26(18(16-34)15-32-24)25(36)4-5-28(17-35)6-8-33(9-7-28)10-11-38-20-13-22(29)27(31)23(30)14-20/h2-3,12-15,25,34-36H,4-11,16-17H2,1H3/t25-/m1/s1. The summed E-state index contributed by atoms with van der Waals surface area (Å²) in [7, 11) is 1.57. The first kappa shape index (κ1) is 28.6. The van der Waals surface area contributed by atoms with Crippen LogP contribution in [0.2, 0.25) is 0 Å². The molecule has 0 unspecified atom stereocenters. The molecule has 0 bridgehead atoms. The molecule has 1 fully saturated rings. The number of benzene rings is 2. The minimum Gasteiger partial charge on any atom is -0.497 e. The Morgan fingerprint density at radius 1 is 1.11 bits per heavy atom. The molecule has 3 N–H and O–H groups in total. The number of rotatable bonds is 11. The summed E-state index contributed by atoms with van der Waals surface area (Å²) >= 11 is 1.27. The highest BCUT2D eigenvalue weighted by Crippen LogP contribution is 2.40. The molecule has 3 aromatic rings. The molecule has 1 aromatic heterocycles. The van der Waals surface area contributed by atoms with Gasteiger partial charge in [-0.1, -0.05) is 0 Å². The number of halogens is 3. The normalized spacial score (nSPS) is 16.6. The maximum atomic E-state index is 13.4. The third-order valence-corrected chi connectivity index (χ3v) is 8.49. The highest BCUT2D eigenvalue weighted by atomic mass is 32.2. The predicted octanol–water partition coefficient (Wildman–Crippen LogP) is 4.83. The van der Waals surface area contributed by atoms with E-state index < -0.39 is 23.6 Å². The fraction of sp³-hybridized carbons (Fsp3) is 0.464. The van der Waals surface area contributed by atoms with Crippen LogP contribution in [0.1, 0.15) is 42.9 Å². The van der Waals surface area contributed by atoms with E-state index in [1.54, 1.807) is 19.4 Å². The quantitative estimate of drug-likeness (QED) is 0.233. The van der Waals surface area contributed by atoms with Crippen LogP contribution in [-0.2, 0) is 6.61 Å². The number of likely N-dealkylation sites (tertiary alicyclic amines) is 1. The number of aromatic nitrogens is 1. The second-order valence-electron chi connectivity index (χ2n) is 9.84. The van der Waals surface area contributed by atoms with Gasteiger partial charge in [-0.05, 0) is 80.1 Å². The largest absolute Gasteiger partial charge is 0.497 e. The molecule has 10 heteroatoms. The first-order valence-electron chi connectivity index (χ1n) is 12.6. The second-order valence-corrected chi connectivity index (χ2v) is 11.0. The van der Waals surface area contributed by atoms with Gasteiger partial charge < -0.3 is 25.0 Å². The van der Waals surface area contributed by atoms with E-state index >= 15 is 0 Å². The molecule has 0 radical (unpaired) electrons. The van der Waals surface area contributed by atoms with E-state index in [4.69, 9.17) is 4.74 Å². The molecular weight excluding hydrogens is 517 g/mol. The number of hydrogen-bond donors (Lipinski definition) is 3. The van der Waals surface area contributed by atoms with Gasteiger partial charge in [-0.2, -0.15) is 0 Å². The van der Waals surface area contributed by atoms with Crippen molar-refractivity contribution in [3.63, 3.8) is 0 Å². The van der Waals surface area contributed by atoms with E-state index in [1.807, 2.05) is 12.1 Å². The monoisotopic (exact) mass is 550 g/mol. The van der Waals surface area contributed by atoms with Crippen LogP contribution in [0.3, 0.4) is 0 Å². The van der Waals surface area contributed by atoms with Gasteiger partial charge in [-0.3, -0.25) is 4.98 Å². The Morgan fingerprint density at radius 2 is 1.82 bits per heavy atom. The predicted molar refractivity (Wildman–Crippen MR) is 141 cm³/mol. The van der Waals surface area contributed by atoms with Crippen molar-refractivity contribution in [1.82, 2.24) is 9.88 Å². The minimum atomic E-state index is -1.46. The molecule has 1 aliphatic rings. The molecule has 2 aromatic carbocycles. The lowest BCUT2D eigenvalue weighted by molar-refractivity contribution is 0.0252. The van der Waals surface area contributed by atoms with Gasteiger partial charge in [0.2, 0.25) is 0 Å². The molecule has 0 spiro atoms. The summed E-state index contributed by atoms with van der Waals surface area (Å²) in [5, 5.41) is 32.1. The van der Waals surface area contributed by atoms with Gasteiger partial charge in [0, 0.05) is 40.9 Å². The molecular formula is C28H33F3N2O4S. The summed E-state index contributed by atoms with van der Waals surface area (Å²) in [4.78, 5) is 6.97. The third kappa shape index (κ3) is 6.43. The lowest BCUT2D eigenvalue weighted by Crippen LogP contribution is -2.43. The molecule has 206 valence electrons. The van der Waals surface area contributed by atoms with Gasteiger partial charge >= 0.3 is 0 Å². The zero-order valence-corrected chi connectivity index (χ0v) is 22.1. The Balaban J connectivity index is 1.34. The van der Waals surface area contributed by atoms with E-state index in [9.17, 15) is 28.5 Å². The first-order chi connectivity index (χ1) is 18.3. The lowest BCUT2D eigenvalue weighted by Gasteiger charge is -2.41. The van der Waals surface area contributed by atoms with Crippen molar-refractivity contribution in [2.24, 2.45) is 5.41 Å². The lowest BCUT2D eigenvalue weighted by atomic mass is 9.74. The smallest absolute Gasteiger partial charge is 0.194 e. The number of methoxy groups -OCH3 is 1. The maximum Gasteiger partial charge on any atom is 0.194 e. The molecule has 0 aliphatic carbocycles. The van der Waals surface area contributed by atoms with Crippen LogP contribution in [0.25, 0.3) is 10.9 Å². The summed E-state index contributed by atoms with van der Waals surface area (Å²) in [6.07, 6.45) is 3.27. The molecule has 2 heterocycles. The molecule has 1 saturated heterocycles. The number of aliphatic hydroxyl groups is 3. The van der Waals surface area contributed by atoms with Crippen molar-refractivity contribution in [3.05, 3.63) is 65.1 Å². The molecule has 0 saturated carbocycles. The molecule has 1 aliphatic heterocycles.